The van der Waals surface area contributed by atoms with Crippen molar-refractivity contribution in [2.45, 2.75) is 257 Å². The average molecular weight is 826 g/mol. The Morgan fingerprint density at radius 3 is 1.37 bits per heavy atom. The minimum Gasteiger partial charge on any atom is -0.462 e. The molecule has 0 aromatic carbocycles. The molecule has 0 saturated carbocycles. The van der Waals surface area contributed by atoms with Crippen LogP contribution >= 0.6 is 0 Å². The normalized spacial score (nSPS) is 13.8. The van der Waals surface area contributed by atoms with Gasteiger partial charge in [0.15, 0.2) is 0 Å². The number of allylic oxidation sites excluding steroid dienone is 10. The Morgan fingerprint density at radius 2 is 0.915 bits per heavy atom. The summed E-state index contributed by atoms with van der Waals surface area (Å²) in [7, 11) is 0. The fourth-order valence-electron chi connectivity index (χ4n) is 7.34. The van der Waals surface area contributed by atoms with Crippen LogP contribution < -0.4 is 5.32 Å². The quantitative estimate of drug-likeness (QED) is 0.0323. The molecular weight excluding hydrogens is 731 g/mol. The lowest BCUT2D eigenvalue weighted by Gasteiger charge is -2.24. The Kier molecular flexibility index (Phi) is 44.7. The van der Waals surface area contributed by atoms with Gasteiger partial charge in [-0.2, -0.15) is 0 Å². The zero-order valence-electron chi connectivity index (χ0n) is 38.9. The SMILES string of the molecule is CC/C=C\C/C=C\C/C=C\C/C=C\C/C=C\CCCCCC(=O)OC(CCCCCCCCCCCCC)CC(=O)NC(CO)C(O)CCCCCCCCCCCC. The maximum Gasteiger partial charge on any atom is 0.306 e. The number of unbranched alkanes of at least 4 members (excludes halogenated alkanes) is 22. The molecule has 3 atom stereocenters. The molecule has 1 amide bonds. The second-order valence-corrected chi connectivity index (χ2v) is 16.8. The van der Waals surface area contributed by atoms with E-state index in [1.807, 2.05) is 0 Å². The van der Waals surface area contributed by atoms with Crippen LogP contribution in [0.3, 0.4) is 0 Å². The second kappa shape index (κ2) is 46.6. The van der Waals surface area contributed by atoms with Crippen LogP contribution in [0.5, 0.6) is 0 Å². The Balaban J connectivity index is 4.58. The molecule has 0 saturated heterocycles. The standard InChI is InChI=1S/C53H95NO5/c1-4-7-10-13-16-19-22-23-24-25-26-27-28-29-31-34-37-40-43-46-53(58)59-49(44-41-38-35-32-30-20-17-14-11-8-5-2)47-52(57)54-50(48-55)51(56)45-42-39-36-33-21-18-15-12-9-6-3/h7,10,16,19,23-24,26-27,29,31,49-51,55-56H,4-6,8-9,11-15,17-18,20-22,25,28,30,32-48H2,1-3H3,(H,54,57)/b10-7-,19-16-,24-23-,27-26-,31-29-. The number of carbonyl (C=O) groups excluding carboxylic acids is 2. The number of aliphatic hydroxyl groups excluding tert-OH is 2. The Bertz CT molecular complexity index is 1060. The summed E-state index contributed by atoms with van der Waals surface area (Å²) in [5, 5.41) is 23.7. The van der Waals surface area contributed by atoms with Crippen molar-refractivity contribution in [3.05, 3.63) is 60.8 Å². The van der Waals surface area contributed by atoms with Gasteiger partial charge in [-0.25, -0.2) is 0 Å². The first-order valence-electron chi connectivity index (χ1n) is 25.0. The Labute approximate surface area is 365 Å². The van der Waals surface area contributed by atoms with Gasteiger partial charge < -0.3 is 20.3 Å². The van der Waals surface area contributed by atoms with Crippen LogP contribution in [0.1, 0.15) is 239 Å². The highest BCUT2D eigenvalue weighted by Crippen LogP contribution is 2.18. The van der Waals surface area contributed by atoms with E-state index in [1.165, 1.54) is 96.3 Å². The van der Waals surface area contributed by atoms with Crippen molar-refractivity contribution in [3.63, 3.8) is 0 Å². The molecule has 6 nitrogen and oxygen atoms in total. The molecule has 0 aliphatic heterocycles. The van der Waals surface area contributed by atoms with Gasteiger partial charge in [-0.05, 0) is 70.6 Å². The Hall–Kier alpha value is -2.44. The van der Waals surface area contributed by atoms with Crippen LogP contribution in [0.2, 0.25) is 0 Å². The third kappa shape index (κ3) is 42.1. The number of hydrogen-bond donors (Lipinski definition) is 3. The van der Waals surface area contributed by atoms with E-state index in [2.05, 4.69) is 86.8 Å². The third-order valence-corrected chi connectivity index (χ3v) is 11.1. The van der Waals surface area contributed by atoms with Crippen molar-refractivity contribution in [1.29, 1.82) is 0 Å². The van der Waals surface area contributed by atoms with Crippen molar-refractivity contribution in [2.24, 2.45) is 0 Å². The Morgan fingerprint density at radius 1 is 0.508 bits per heavy atom. The summed E-state index contributed by atoms with van der Waals surface area (Å²) in [6.07, 6.45) is 57.1. The third-order valence-electron chi connectivity index (χ3n) is 11.1. The van der Waals surface area contributed by atoms with Crippen molar-refractivity contribution >= 4 is 11.9 Å². The van der Waals surface area contributed by atoms with Crippen molar-refractivity contribution in [1.82, 2.24) is 5.32 Å². The van der Waals surface area contributed by atoms with E-state index in [9.17, 15) is 19.8 Å². The zero-order valence-corrected chi connectivity index (χ0v) is 38.9. The van der Waals surface area contributed by atoms with Crippen LogP contribution in [0.4, 0.5) is 0 Å². The van der Waals surface area contributed by atoms with Gasteiger partial charge in [0.2, 0.25) is 5.91 Å². The van der Waals surface area contributed by atoms with Gasteiger partial charge in [0, 0.05) is 6.42 Å². The summed E-state index contributed by atoms with van der Waals surface area (Å²) >= 11 is 0. The highest BCUT2D eigenvalue weighted by Gasteiger charge is 2.24. The van der Waals surface area contributed by atoms with Gasteiger partial charge in [0.05, 0.1) is 25.2 Å². The van der Waals surface area contributed by atoms with Gasteiger partial charge in [-0.1, -0.05) is 216 Å². The molecule has 0 spiro atoms. The molecule has 0 aliphatic rings. The lowest BCUT2D eigenvalue weighted by molar-refractivity contribution is -0.151. The van der Waals surface area contributed by atoms with Crippen molar-refractivity contribution in [3.8, 4) is 0 Å². The van der Waals surface area contributed by atoms with Crippen LogP contribution in [-0.2, 0) is 14.3 Å². The van der Waals surface area contributed by atoms with Gasteiger partial charge in [-0.3, -0.25) is 9.59 Å². The zero-order chi connectivity index (χ0) is 43.1. The van der Waals surface area contributed by atoms with E-state index in [-0.39, 0.29) is 24.9 Å². The fourth-order valence-corrected chi connectivity index (χ4v) is 7.34. The van der Waals surface area contributed by atoms with Gasteiger partial charge >= 0.3 is 5.97 Å². The number of esters is 1. The minimum atomic E-state index is -0.791. The minimum absolute atomic E-state index is 0.0645. The molecule has 3 N–H and O–H groups in total. The van der Waals surface area contributed by atoms with E-state index < -0.39 is 18.2 Å². The maximum atomic E-state index is 13.2. The van der Waals surface area contributed by atoms with Crippen LogP contribution in [0, 0.1) is 0 Å². The largest absolute Gasteiger partial charge is 0.462 e. The van der Waals surface area contributed by atoms with E-state index in [0.29, 0.717) is 19.3 Å². The summed E-state index contributed by atoms with van der Waals surface area (Å²) in [6, 6.07) is -0.706. The molecule has 0 fully saturated rings. The first-order valence-corrected chi connectivity index (χ1v) is 25.0. The lowest BCUT2D eigenvalue weighted by atomic mass is 10.0. The predicted octanol–water partition coefficient (Wildman–Crippen LogP) is 14.8. The van der Waals surface area contributed by atoms with Crippen LogP contribution in [-0.4, -0.2) is 46.9 Å². The second-order valence-electron chi connectivity index (χ2n) is 16.8. The molecule has 0 aromatic rings. The van der Waals surface area contributed by atoms with Gasteiger partial charge in [0.1, 0.15) is 6.10 Å². The molecule has 0 rings (SSSR count). The van der Waals surface area contributed by atoms with Gasteiger partial charge in [-0.15, -0.1) is 0 Å². The average Bonchev–Trinajstić information content (AvgIpc) is 3.23. The first-order chi connectivity index (χ1) is 29.0. The first kappa shape index (κ1) is 56.6. The predicted molar refractivity (Wildman–Crippen MR) is 255 cm³/mol. The summed E-state index contributed by atoms with van der Waals surface area (Å²) in [4.78, 5) is 26.1. The molecule has 0 radical (unpaired) electrons. The van der Waals surface area contributed by atoms with E-state index >= 15 is 0 Å². The topological polar surface area (TPSA) is 95.9 Å². The molecule has 342 valence electrons. The monoisotopic (exact) mass is 826 g/mol. The summed E-state index contributed by atoms with van der Waals surface area (Å²) in [6.45, 7) is 6.34. The highest BCUT2D eigenvalue weighted by molar-refractivity contribution is 5.77. The van der Waals surface area contributed by atoms with Crippen LogP contribution in [0.25, 0.3) is 0 Å². The van der Waals surface area contributed by atoms with Crippen LogP contribution in [0.15, 0.2) is 60.8 Å². The van der Waals surface area contributed by atoms with Crippen molar-refractivity contribution in [2.75, 3.05) is 6.61 Å². The highest BCUT2D eigenvalue weighted by atomic mass is 16.5. The molecule has 59 heavy (non-hydrogen) atoms. The lowest BCUT2D eigenvalue weighted by Crippen LogP contribution is -2.46. The fraction of sp³-hybridized carbons (Fsp3) is 0.774. The number of nitrogens with one attached hydrogen (secondary N) is 1. The van der Waals surface area contributed by atoms with Gasteiger partial charge in [0.25, 0.3) is 0 Å². The summed E-state index contributed by atoms with van der Waals surface area (Å²) in [5.41, 5.74) is 0. The van der Waals surface area contributed by atoms with E-state index in [0.717, 1.165) is 96.3 Å². The maximum absolute atomic E-state index is 13.2. The summed E-state index contributed by atoms with van der Waals surface area (Å²) in [5.74, 6) is -0.510. The number of rotatable bonds is 44. The molecule has 0 bridgehead atoms. The smallest absolute Gasteiger partial charge is 0.306 e. The van der Waals surface area contributed by atoms with E-state index in [4.69, 9.17) is 4.74 Å². The molecule has 0 aliphatic carbocycles. The number of amides is 1. The number of ether oxygens (including phenoxy) is 1. The molecule has 3 unspecified atom stereocenters. The molecule has 0 aromatic heterocycles. The number of carbonyl (C=O) groups is 2. The molecule has 0 heterocycles. The molecular formula is C53H95NO5. The number of aliphatic hydroxyl groups is 2. The van der Waals surface area contributed by atoms with Crippen molar-refractivity contribution < 1.29 is 24.5 Å². The summed E-state index contributed by atoms with van der Waals surface area (Å²) < 4.78 is 5.91. The molecule has 6 heteroatoms. The van der Waals surface area contributed by atoms with E-state index in [1.54, 1.807) is 0 Å². The number of hydrogen-bond acceptors (Lipinski definition) is 5.